The van der Waals surface area contributed by atoms with E-state index < -0.39 is 0 Å². The average Bonchev–Trinajstić information content (AvgIpc) is 2.68. The summed E-state index contributed by atoms with van der Waals surface area (Å²) in [6.45, 7) is 2.64. The molecule has 26 heavy (non-hydrogen) atoms. The Kier molecular flexibility index (Phi) is 5.83. The number of amides is 1. The van der Waals surface area contributed by atoms with Crippen molar-refractivity contribution < 1.29 is 9.53 Å². The summed E-state index contributed by atoms with van der Waals surface area (Å²) in [5, 5.41) is 9.38. The van der Waals surface area contributed by atoms with Gasteiger partial charge in [0.25, 0.3) is 5.91 Å². The van der Waals surface area contributed by atoms with Gasteiger partial charge >= 0.3 is 0 Å². The summed E-state index contributed by atoms with van der Waals surface area (Å²) in [6.07, 6.45) is 1.58. The number of rotatable bonds is 7. The molecule has 1 amide bonds. The van der Waals surface area contributed by atoms with Crippen molar-refractivity contribution in [3.63, 3.8) is 0 Å². The minimum absolute atomic E-state index is 0.137. The smallest absolute Gasteiger partial charge is 0.259 e. The van der Waals surface area contributed by atoms with Crippen molar-refractivity contribution in [1.82, 2.24) is 5.43 Å². The second-order valence-electron chi connectivity index (χ2n) is 5.64. The maximum Gasteiger partial charge on any atom is 0.259 e. The molecule has 0 fully saturated rings. The van der Waals surface area contributed by atoms with Gasteiger partial charge in [-0.1, -0.05) is 48.5 Å². The van der Waals surface area contributed by atoms with E-state index in [1.165, 1.54) is 0 Å². The van der Waals surface area contributed by atoms with E-state index in [4.69, 9.17) is 4.74 Å². The highest BCUT2D eigenvalue weighted by Gasteiger charge is 2.03. The molecule has 0 saturated carbocycles. The van der Waals surface area contributed by atoms with Crippen molar-refractivity contribution in [2.24, 2.45) is 5.10 Å². The van der Waals surface area contributed by atoms with Crippen LogP contribution in [0.25, 0.3) is 10.8 Å². The Labute approximate surface area is 152 Å². The van der Waals surface area contributed by atoms with Crippen LogP contribution in [-0.2, 0) is 4.79 Å². The zero-order valence-corrected chi connectivity index (χ0v) is 14.6. The Hall–Kier alpha value is -3.34. The van der Waals surface area contributed by atoms with Gasteiger partial charge in [-0.15, -0.1) is 0 Å². The van der Waals surface area contributed by atoms with Crippen molar-refractivity contribution in [3.05, 3.63) is 72.3 Å². The number of benzene rings is 3. The van der Waals surface area contributed by atoms with Crippen LogP contribution in [-0.4, -0.2) is 25.3 Å². The molecule has 0 heterocycles. The summed E-state index contributed by atoms with van der Waals surface area (Å²) in [5.74, 6) is 0.518. The second kappa shape index (κ2) is 8.67. The molecule has 5 heteroatoms. The average molecular weight is 347 g/mol. The lowest BCUT2D eigenvalue weighted by Gasteiger charge is -2.09. The molecule has 0 unspecified atom stereocenters. The van der Waals surface area contributed by atoms with Gasteiger partial charge in [-0.2, -0.15) is 5.10 Å². The third-order valence-electron chi connectivity index (χ3n) is 3.84. The highest BCUT2D eigenvalue weighted by Crippen LogP contribution is 2.22. The lowest BCUT2D eigenvalue weighted by molar-refractivity contribution is -0.119. The highest BCUT2D eigenvalue weighted by atomic mass is 16.5. The summed E-state index contributed by atoms with van der Waals surface area (Å²) in [7, 11) is 0. The third-order valence-corrected chi connectivity index (χ3v) is 3.84. The molecular formula is C21H21N3O2. The zero-order chi connectivity index (χ0) is 18.2. The van der Waals surface area contributed by atoms with E-state index in [1.807, 2.05) is 73.7 Å². The van der Waals surface area contributed by atoms with E-state index in [2.05, 4.69) is 15.8 Å². The summed E-state index contributed by atoms with van der Waals surface area (Å²) in [4.78, 5) is 12.0. The minimum Gasteiger partial charge on any atom is -0.493 e. The number of hydrazone groups is 1. The van der Waals surface area contributed by atoms with Gasteiger partial charge in [0.05, 0.1) is 19.4 Å². The van der Waals surface area contributed by atoms with Crippen LogP contribution in [0.1, 0.15) is 12.5 Å². The lowest BCUT2D eigenvalue weighted by Crippen LogP contribution is -2.25. The van der Waals surface area contributed by atoms with Gasteiger partial charge in [-0.25, -0.2) is 5.43 Å². The first kappa shape index (κ1) is 17.5. The number of nitrogens with one attached hydrogen (secondary N) is 2. The maximum atomic E-state index is 12.0. The number of ether oxygens (including phenoxy) is 1. The van der Waals surface area contributed by atoms with Crippen molar-refractivity contribution in [2.75, 3.05) is 18.5 Å². The first-order valence-electron chi connectivity index (χ1n) is 8.53. The minimum atomic E-state index is -0.219. The summed E-state index contributed by atoms with van der Waals surface area (Å²) in [6, 6.07) is 21.6. The summed E-state index contributed by atoms with van der Waals surface area (Å²) < 4.78 is 5.52. The van der Waals surface area contributed by atoms with E-state index in [1.54, 1.807) is 6.21 Å². The molecular weight excluding hydrogens is 326 g/mol. The molecule has 2 N–H and O–H groups in total. The fourth-order valence-corrected chi connectivity index (χ4v) is 2.64. The Balaban J connectivity index is 1.58. The van der Waals surface area contributed by atoms with Crippen LogP contribution in [0, 0.1) is 0 Å². The van der Waals surface area contributed by atoms with Crippen molar-refractivity contribution in [1.29, 1.82) is 0 Å². The molecule has 3 aromatic carbocycles. The zero-order valence-electron chi connectivity index (χ0n) is 14.6. The number of para-hydroxylation sites is 1. The molecule has 0 aromatic heterocycles. The monoisotopic (exact) mass is 347 g/mol. The SMILES string of the molecule is CCOc1ccccc1/C=N/NC(=O)CNc1cccc2ccccc12. The number of carbonyl (C=O) groups excluding carboxylic acids is 1. The van der Waals surface area contributed by atoms with Crippen LogP contribution in [0.4, 0.5) is 5.69 Å². The topological polar surface area (TPSA) is 62.7 Å². The van der Waals surface area contributed by atoms with E-state index >= 15 is 0 Å². The van der Waals surface area contributed by atoms with Crippen LogP contribution in [0.3, 0.4) is 0 Å². The van der Waals surface area contributed by atoms with Crippen LogP contribution < -0.4 is 15.5 Å². The Morgan fingerprint density at radius 2 is 1.81 bits per heavy atom. The Bertz CT molecular complexity index is 917. The normalized spacial score (nSPS) is 10.8. The van der Waals surface area contributed by atoms with Crippen molar-refractivity contribution in [3.8, 4) is 5.75 Å². The van der Waals surface area contributed by atoms with Crippen molar-refractivity contribution >= 4 is 28.6 Å². The van der Waals surface area contributed by atoms with Crippen LogP contribution in [0.15, 0.2) is 71.8 Å². The number of fused-ring (bicyclic) bond motifs is 1. The van der Waals surface area contributed by atoms with Crippen LogP contribution in [0.5, 0.6) is 5.75 Å². The summed E-state index contributed by atoms with van der Waals surface area (Å²) in [5.41, 5.74) is 4.27. The molecule has 0 atom stereocenters. The summed E-state index contributed by atoms with van der Waals surface area (Å²) >= 11 is 0. The largest absolute Gasteiger partial charge is 0.493 e. The highest BCUT2D eigenvalue weighted by molar-refractivity contribution is 5.95. The molecule has 0 aliphatic rings. The van der Waals surface area contributed by atoms with E-state index in [0.717, 1.165) is 27.8 Å². The van der Waals surface area contributed by atoms with Crippen LogP contribution >= 0.6 is 0 Å². The number of anilines is 1. The molecule has 0 bridgehead atoms. The first-order chi connectivity index (χ1) is 12.8. The molecule has 3 rings (SSSR count). The predicted molar refractivity (Wildman–Crippen MR) is 106 cm³/mol. The Morgan fingerprint density at radius 1 is 1.04 bits per heavy atom. The maximum absolute atomic E-state index is 12.0. The van der Waals surface area contributed by atoms with Gasteiger partial charge in [-0.3, -0.25) is 4.79 Å². The molecule has 5 nitrogen and oxygen atoms in total. The fraction of sp³-hybridized carbons (Fsp3) is 0.143. The van der Waals surface area contributed by atoms with Gasteiger partial charge in [0.15, 0.2) is 0 Å². The number of hydrogen-bond acceptors (Lipinski definition) is 4. The van der Waals surface area contributed by atoms with Crippen LogP contribution in [0.2, 0.25) is 0 Å². The number of nitrogens with zero attached hydrogens (tertiary/aromatic N) is 1. The van der Waals surface area contributed by atoms with E-state index in [0.29, 0.717) is 6.61 Å². The van der Waals surface area contributed by atoms with Gasteiger partial charge in [-0.05, 0) is 30.5 Å². The van der Waals surface area contributed by atoms with Crippen molar-refractivity contribution in [2.45, 2.75) is 6.92 Å². The molecule has 0 saturated heterocycles. The van der Waals surface area contributed by atoms with Gasteiger partial charge in [0.1, 0.15) is 5.75 Å². The van der Waals surface area contributed by atoms with Gasteiger partial charge < -0.3 is 10.1 Å². The standard InChI is InChI=1S/C21H21N3O2/c1-2-26-20-13-6-4-9-17(20)14-23-24-21(25)15-22-19-12-7-10-16-8-3-5-11-18(16)19/h3-14,22H,2,15H2,1H3,(H,24,25)/b23-14+. The molecule has 0 spiro atoms. The quantitative estimate of drug-likeness (QED) is 0.505. The molecule has 132 valence electrons. The van der Waals surface area contributed by atoms with Gasteiger partial charge in [0.2, 0.25) is 0 Å². The molecule has 3 aromatic rings. The first-order valence-corrected chi connectivity index (χ1v) is 8.53. The third kappa shape index (κ3) is 4.39. The fourth-order valence-electron chi connectivity index (χ4n) is 2.64. The Morgan fingerprint density at radius 3 is 2.69 bits per heavy atom. The molecule has 0 radical (unpaired) electrons. The van der Waals surface area contributed by atoms with Gasteiger partial charge in [0, 0.05) is 16.6 Å². The van der Waals surface area contributed by atoms with E-state index in [9.17, 15) is 4.79 Å². The van der Waals surface area contributed by atoms with E-state index in [-0.39, 0.29) is 12.5 Å². The number of carbonyl (C=O) groups is 1. The molecule has 0 aliphatic carbocycles. The predicted octanol–water partition coefficient (Wildman–Crippen LogP) is 3.80. The number of hydrogen-bond donors (Lipinski definition) is 2. The second-order valence-corrected chi connectivity index (χ2v) is 5.64. The molecule has 0 aliphatic heterocycles. The lowest BCUT2D eigenvalue weighted by atomic mass is 10.1.